The Bertz CT molecular complexity index is 588. The first kappa shape index (κ1) is 13.9. The minimum atomic E-state index is -0.764. The fourth-order valence-electron chi connectivity index (χ4n) is 1.41. The second-order valence-electron chi connectivity index (χ2n) is 3.87. The summed E-state index contributed by atoms with van der Waals surface area (Å²) < 4.78 is 32.2. The van der Waals surface area contributed by atoms with Crippen molar-refractivity contribution in [1.82, 2.24) is 15.0 Å². The summed E-state index contributed by atoms with van der Waals surface area (Å²) >= 11 is 0. The number of aromatic nitrogens is 3. The van der Waals surface area contributed by atoms with Crippen LogP contribution in [0.15, 0.2) is 18.2 Å². The number of nitrogen functional groups attached to an aromatic ring is 1. The lowest BCUT2D eigenvalue weighted by Crippen LogP contribution is -2.08. The Morgan fingerprint density at radius 1 is 1.20 bits per heavy atom. The molecule has 1 aromatic carbocycles. The van der Waals surface area contributed by atoms with Crippen molar-refractivity contribution in [2.75, 3.05) is 17.7 Å². The van der Waals surface area contributed by atoms with Crippen LogP contribution in [0.5, 0.6) is 6.01 Å². The molecule has 1 heterocycles. The molecule has 0 aliphatic heterocycles. The third kappa shape index (κ3) is 3.28. The van der Waals surface area contributed by atoms with E-state index in [2.05, 4.69) is 20.3 Å². The van der Waals surface area contributed by atoms with Gasteiger partial charge in [0.15, 0.2) is 0 Å². The lowest BCUT2D eigenvalue weighted by Gasteiger charge is -2.09. The van der Waals surface area contributed by atoms with Crippen molar-refractivity contribution in [3.63, 3.8) is 0 Å². The topological polar surface area (TPSA) is 86.0 Å². The molecule has 2 rings (SSSR count). The SMILES string of the molecule is CCCOc1nc(N)nc(Nc2c(F)cccc2F)n1. The van der Waals surface area contributed by atoms with Crippen LogP contribution in [0.25, 0.3) is 0 Å². The highest BCUT2D eigenvalue weighted by Crippen LogP contribution is 2.22. The molecule has 0 amide bonds. The summed E-state index contributed by atoms with van der Waals surface area (Å²) in [6, 6.07) is 3.49. The summed E-state index contributed by atoms with van der Waals surface area (Å²) in [6.07, 6.45) is 0.760. The zero-order valence-corrected chi connectivity index (χ0v) is 10.7. The Kier molecular flexibility index (Phi) is 4.24. The van der Waals surface area contributed by atoms with Crippen LogP contribution < -0.4 is 15.8 Å². The van der Waals surface area contributed by atoms with Gasteiger partial charge in [-0.1, -0.05) is 13.0 Å². The summed E-state index contributed by atoms with van der Waals surface area (Å²) in [4.78, 5) is 11.4. The van der Waals surface area contributed by atoms with Crippen molar-refractivity contribution in [2.45, 2.75) is 13.3 Å². The Hall–Kier alpha value is -2.51. The first-order valence-electron chi connectivity index (χ1n) is 5.95. The van der Waals surface area contributed by atoms with E-state index in [9.17, 15) is 8.78 Å². The molecule has 0 radical (unpaired) electrons. The van der Waals surface area contributed by atoms with Crippen LogP contribution in [0.3, 0.4) is 0 Å². The van der Waals surface area contributed by atoms with Crippen molar-refractivity contribution in [3.8, 4) is 6.01 Å². The average Bonchev–Trinajstić information content (AvgIpc) is 2.40. The molecule has 3 N–H and O–H groups in total. The molecule has 6 nitrogen and oxygen atoms in total. The van der Waals surface area contributed by atoms with Gasteiger partial charge in [-0.2, -0.15) is 15.0 Å². The molecule has 2 aromatic rings. The first-order chi connectivity index (χ1) is 9.60. The Morgan fingerprint density at radius 2 is 1.90 bits per heavy atom. The molecule has 106 valence electrons. The third-order valence-electron chi connectivity index (χ3n) is 2.27. The number of hydrogen-bond acceptors (Lipinski definition) is 6. The highest BCUT2D eigenvalue weighted by molar-refractivity contribution is 5.55. The predicted octanol–water partition coefficient (Wildman–Crippen LogP) is 2.26. The average molecular weight is 281 g/mol. The molecule has 0 unspecified atom stereocenters. The van der Waals surface area contributed by atoms with Gasteiger partial charge in [-0.3, -0.25) is 0 Å². The lowest BCUT2D eigenvalue weighted by atomic mass is 10.3. The number of ether oxygens (including phenoxy) is 1. The third-order valence-corrected chi connectivity index (χ3v) is 2.27. The molecule has 0 saturated heterocycles. The van der Waals surface area contributed by atoms with E-state index in [0.717, 1.165) is 18.6 Å². The monoisotopic (exact) mass is 281 g/mol. The van der Waals surface area contributed by atoms with Crippen LogP contribution in [0.4, 0.5) is 26.4 Å². The van der Waals surface area contributed by atoms with Crippen LogP contribution in [0, 0.1) is 11.6 Å². The molecule has 0 bridgehead atoms. The largest absolute Gasteiger partial charge is 0.463 e. The van der Waals surface area contributed by atoms with Crippen molar-refractivity contribution < 1.29 is 13.5 Å². The van der Waals surface area contributed by atoms with Gasteiger partial charge in [-0.15, -0.1) is 0 Å². The summed E-state index contributed by atoms with van der Waals surface area (Å²) in [7, 11) is 0. The van der Waals surface area contributed by atoms with E-state index in [1.54, 1.807) is 0 Å². The number of benzene rings is 1. The molecule has 0 fully saturated rings. The molecular weight excluding hydrogens is 268 g/mol. The van der Waals surface area contributed by atoms with Crippen LogP contribution in [-0.2, 0) is 0 Å². The number of rotatable bonds is 5. The van der Waals surface area contributed by atoms with Gasteiger partial charge < -0.3 is 15.8 Å². The number of hydrogen-bond donors (Lipinski definition) is 2. The zero-order valence-electron chi connectivity index (χ0n) is 10.7. The van der Waals surface area contributed by atoms with Crippen LogP contribution in [0.2, 0.25) is 0 Å². The zero-order chi connectivity index (χ0) is 14.5. The number of halogens is 2. The fourth-order valence-corrected chi connectivity index (χ4v) is 1.41. The molecule has 8 heteroatoms. The van der Waals surface area contributed by atoms with Gasteiger partial charge in [0.25, 0.3) is 0 Å². The maximum Gasteiger partial charge on any atom is 0.323 e. The van der Waals surface area contributed by atoms with Crippen molar-refractivity contribution in [1.29, 1.82) is 0 Å². The molecule has 0 aliphatic rings. The van der Waals surface area contributed by atoms with Crippen molar-refractivity contribution >= 4 is 17.6 Å². The minimum absolute atomic E-state index is 0.00130. The number of nitrogens with two attached hydrogens (primary N) is 1. The fraction of sp³-hybridized carbons (Fsp3) is 0.250. The highest BCUT2D eigenvalue weighted by atomic mass is 19.1. The maximum atomic E-state index is 13.5. The quantitative estimate of drug-likeness (QED) is 0.874. The van der Waals surface area contributed by atoms with Crippen LogP contribution in [0.1, 0.15) is 13.3 Å². The standard InChI is InChI=1S/C12H13F2N5O/c1-2-6-20-12-18-10(15)17-11(19-12)16-9-7(13)4-3-5-8(9)14/h3-5H,2,6H2,1H3,(H3,15,16,17,18,19). The van der Waals surface area contributed by atoms with Gasteiger partial charge >= 0.3 is 6.01 Å². The Morgan fingerprint density at radius 3 is 2.55 bits per heavy atom. The van der Waals surface area contributed by atoms with E-state index in [1.165, 1.54) is 6.07 Å². The normalized spacial score (nSPS) is 10.3. The molecule has 20 heavy (non-hydrogen) atoms. The first-order valence-corrected chi connectivity index (χ1v) is 5.95. The van der Waals surface area contributed by atoms with E-state index in [-0.39, 0.29) is 23.6 Å². The summed E-state index contributed by atoms with van der Waals surface area (Å²) in [5, 5.41) is 2.43. The van der Waals surface area contributed by atoms with Crippen LogP contribution >= 0.6 is 0 Å². The van der Waals surface area contributed by atoms with Crippen molar-refractivity contribution in [3.05, 3.63) is 29.8 Å². The van der Waals surface area contributed by atoms with E-state index in [0.29, 0.717) is 6.61 Å². The van der Waals surface area contributed by atoms with E-state index in [4.69, 9.17) is 10.5 Å². The molecule has 0 aliphatic carbocycles. The summed E-state index contributed by atoms with van der Waals surface area (Å²) in [5.41, 5.74) is 5.13. The second-order valence-corrected chi connectivity index (χ2v) is 3.87. The van der Waals surface area contributed by atoms with E-state index in [1.807, 2.05) is 6.92 Å². The van der Waals surface area contributed by atoms with Crippen LogP contribution in [-0.4, -0.2) is 21.6 Å². The number of nitrogens with one attached hydrogen (secondary N) is 1. The number of nitrogens with zero attached hydrogens (tertiary/aromatic N) is 3. The molecule has 1 aromatic heterocycles. The molecule has 0 saturated carbocycles. The Labute approximate surface area is 114 Å². The van der Waals surface area contributed by atoms with Gasteiger partial charge in [-0.25, -0.2) is 8.78 Å². The maximum absolute atomic E-state index is 13.5. The number of para-hydroxylation sites is 1. The van der Waals surface area contributed by atoms with E-state index < -0.39 is 11.6 Å². The molecule has 0 spiro atoms. The van der Waals surface area contributed by atoms with Gasteiger partial charge in [0.1, 0.15) is 17.3 Å². The van der Waals surface area contributed by atoms with Crippen molar-refractivity contribution in [2.24, 2.45) is 0 Å². The minimum Gasteiger partial charge on any atom is -0.463 e. The van der Waals surface area contributed by atoms with Gasteiger partial charge in [0.05, 0.1) is 6.61 Å². The smallest absolute Gasteiger partial charge is 0.323 e. The van der Waals surface area contributed by atoms with Gasteiger partial charge in [0, 0.05) is 0 Å². The summed E-state index contributed by atoms with van der Waals surface area (Å²) in [6.45, 7) is 2.31. The van der Waals surface area contributed by atoms with E-state index >= 15 is 0 Å². The highest BCUT2D eigenvalue weighted by Gasteiger charge is 2.12. The lowest BCUT2D eigenvalue weighted by molar-refractivity contribution is 0.292. The second kappa shape index (κ2) is 6.09. The number of anilines is 3. The Balaban J connectivity index is 2.27. The molecular formula is C12H13F2N5O. The van der Waals surface area contributed by atoms with Gasteiger partial charge in [-0.05, 0) is 18.6 Å². The van der Waals surface area contributed by atoms with Gasteiger partial charge in [0.2, 0.25) is 11.9 Å². The summed E-state index contributed by atoms with van der Waals surface area (Å²) in [5.74, 6) is -1.72. The molecule has 0 atom stereocenters. The predicted molar refractivity (Wildman–Crippen MR) is 69.7 cm³/mol.